The van der Waals surface area contributed by atoms with Crippen LogP contribution in [-0.2, 0) is 0 Å². The molecule has 0 atom stereocenters. The Bertz CT molecular complexity index is 393. The summed E-state index contributed by atoms with van der Waals surface area (Å²) in [6, 6.07) is 6.12. The van der Waals surface area contributed by atoms with Crippen LogP contribution in [-0.4, -0.2) is 19.2 Å². The van der Waals surface area contributed by atoms with Gasteiger partial charge in [0.15, 0.2) is 0 Å². The van der Waals surface area contributed by atoms with Gasteiger partial charge in [-0.25, -0.2) is 0 Å². The number of halogens is 2. The molecule has 0 saturated heterocycles. The first kappa shape index (κ1) is 15.8. The van der Waals surface area contributed by atoms with Crippen molar-refractivity contribution in [1.29, 1.82) is 0 Å². The maximum atomic E-state index is 6.09. The zero-order valence-electron chi connectivity index (χ0n) is 11.4. The lowest BCUT2D eigenvalue weighted by Gasteiger charge is -2.26. The Kier molecular flexibility index (Phi) is 5.96. The largest absolute Gasteiger partial charge is 0.491 e. The molecule has 1 N–H and O–H groups in total. The van der Waals surface area contributed by atoms with Crippen molar-refractivity contribution in [2.24, 2.45) is 5.41 Å². The van der Waals surface area contributed by atoms with Crippen molar-refractivity contribution in [2.75, 3.05) is 13.2 Å². The normalized spacial score (nSPS) is 11.9. The second-order valence-electron chi connectivity index (χ2n) is 5.56. The third kappa shape index (κ3) is 5.59. The van der Waals surface area contributed by atoms with Gasteiger partial charge in [-0.1, -0.05) is 55.2 Å². The van der Waals surface area contributed by atoms with Crippen LogP contribution in [0.25, 0.3) is 0 Å². The third-order valence-electron chi connectivity index (χ3n) is 2.50. The van der Waals surface area contributed by atoms with Crippen LogP contribution in [0.5, 0.6) is 5.75 Å². The SMILES string of the molecule is CC(C)NCC(C)(C)COc1cc(Br)ccc1Cl. The van der Waals surface area contributed by atoms with E-state index in [2.05, 4.69) is 48.9 Å². The average molecular weight is 335 g/mol. The minimum atomic E-state index is 0.0654. The molecule has 0 aromatic heterocycles. The summed E-state index contributed by atoms with van der Waals surface area (Å²) in [6.45, 7) is 10.2. The first-order valence-corrected chi connectivity index (χ1v) is 7.28. The molecule has 0 spiro atoms. The molecule has 18 heavy (non-hydrogen) atoms. The van der Waals surface area contributed by atoms with E-state index in [1.54, 1.807) is 0 Å². The van der Waals surface area contributed by atoms with Gasteiger partial charge in [-0.15, -0.1) is 0 Å². The molecule has 0 bridgehead atoms. The highest BCUT2D eigenvalue weighted by Crippen LogP contribution is 2.29. The van der Waals surface area contributed by atoms with Gasteiger partial charge in [-0.05, 0) is 18.2 Å². The summed E-state index contributed by atoms with van der Waals surface area (Å²) in [5.41, 5.74) is 0.0654. The van der Waals surface area contributed by atoms with E-state index in [0.717, 1.165) is 16.8 Å². The van der Waals surface area contributed by atoms with Gasteiger partial charge in [0.1, 0.15) is 5.75 Å². The summed E-state index contributed by atoms with van der Waals surface area (Å²) in [6.07, 6.45) is 0. The van der Waals surface area contributed by atoms with Crippen molar-refractivity contribution in [2.45, 2.75) is 33.7 Å². The van der Waals surface area contributed by atoms with E-state index in [-0.39, 0.29) is 5.41 Å². The standard InChI is InChI=1S/C14H21BrClNO/c1-10(2)17-8-14(3,4)9-18-13-7-11(15)5-6-12(13)16/h5-7,10,17H,8-9H2,1-4H3. The van der Waals surface area contributed by atoms with Crippen molar-refractivity contribution < 1.29 is 4.74 Å². The smallest absolute Gasteiger partial charge is 0.139 e. The molecular formula is C14H21BrClNO. The molecule has 0 aliphatic heterocycles. The van der Waals surface area contributed by atoms with Crippen LogP contribution in [0.3, 0.4) is 0 Å². The van der Waals surface area contributed by atoms with Crippen LogP contribution in [0.15, 0.2) is 22.7 Å². The lowest BCUT2D eigenvalue weighted by Crippen LogP contribution is -2.37. The molecule has 0 saturated carbocycles. The van der Waals surface area contributed by atoms with Crippen molar-refractivity contribution in [3.63, 3.8) is 0 Å². The number of hydrogen-bond acceptors (Lipinski definition) is 2. The van der Waals surface area contributed by atoms with Crippen LogP contribution in [0.1, 0.15) is 27.7 Å². The van der Waals surface area contributed by atoms with Crippen LogP contribution in [0.2, 0.25) is 5.02 Å². The fourth-order valence-corrected chi connectivity index (χ4v) is 1.90. The highest BCUT2D eigenvalue weighted by atomic mass is 79.9. The van der Waals surface area contributed by atoms with Crippen molar-refractivity contribution in [3.8, 4) is 5.75 Å². The number of benzene rings is 1. The van der Waals surface area contributed by atoms with Gasteiger partial charge in [0.05, 0.1) is 11.6 Å². The molecule has 0 aliphatic carbocycles. The summed E-state index contributed by atoms with van der Waals surface area (Å²) in [7, 11) is 0. The molecule has 1 rings (SSSR count). The molecule has 0 aliphatic rings. The van der Waals surface area contributed by atoms with E-state index in [1.807, 2.05) is 18.2 Å². The highest BCUT2D eigenvalue weighted by Gasteiger charge is 2.19. The molecule has 0 amide bonds. The van der Waals surface area contributed by atoms with Gasteiger partial charge in [0.2, 0.25) is 0 Å². The number of hydrogen-bond donors (Lipinski definition) is 1. The molecule has 1 aromatic carbocycles. The van der Waals surface area contributed by atoms with E-state index in [4.69, 9.17) is 16.3 Å². The number of rotatable bonds is 6. The first-order valence-electron chi connectivity index (χ1n) is 6.11. The molecule has 0 fully saturated rings. The molecule has 1 aromatic rings. The van der Waals surface area contributed by atoms with Crippen LogP contribution < -0.4 is 10.1 Å². The predicted octanol–water partition coefficient (Wildman–Crippen LogP) is 4.51. The fraction of sp³-hybridized carbons (Fsp3) is 0.571. The maximum Gasteiger partial charge on any atom is 0.139 e. The summed E-state index contributed by atoms with van der Waals surface area (Å²) in [5.74, 6) is 0.726. The zero-order valence-corrected chi connectivity index (χ0v) is 13.7. The predicted molar refractivity (Wildman–Crippen MR) is 81.6 cm³/mol. The second-order valence-corrected chi connectivity index (χ2v) is 6.89. The third-order valence-corrected chi connectivity index (χ3v) is 3.31. The maximum absolute atomic E-state index is 6.09. The minimum absolute atomic E-state index is 0.0654. The van der Waals surface area contributed by atoms with Gasteiger partial charge >= 0.3 is 0 Å². The highest BCUT2D eigenvalue weighted by molar-refractivity contribution is 9.10. The minimum Gasteiger partial charge on any atom is -0.491 e. The lowest BCUT2D eigenvalue weighted by atomic mass is 9.94. The van der Waals surface area contributed by atoms with Gasteiger partial charge in [0, 0.05) is 22.5 Å². The molecule has 102 valence electrons. The molecular weight excluding hydrogens is 314 g/mol. The Balaban J connectivity index is 2.55. The molecule has 0 unspecified atom stereocenters. The van der Waals surface area contributed by atoms with Gasteiger partial charge in [-0.2, -0.15) is 0 Å². The molecule has 4 heteroatoms. The topological polar surface area (TPSA) is 21.3 Å². The van der Waals surface area contributed by atoms with E-state index in [1.165, 1.54) is 0 Å². The average Bonchev–Trinajstić information content (AvgIpc) is 2.28. The fourth-order valence-electron chi connectivity index (χ4n) is 1.39. The molecule has 0 heterocycles. The van der Waals surface area contributed by atoms with Crippen molar-refractivity contribution >= 4 is 27.5 Å². The van der Waals surface area contributed by atoms with E-state index >= 15 is 0 Å². The summed E-state index contributed by atoms with van der Waals surface area (Å²) in [5, 5.41) is 4.07. The first-order chi connectivity index (χ1) is 8.30. The summed E-state index contributed by atoms with van der Waals surface area (Å²) in [4.78, 5) is 0. The Morgan fingerprint density at radius 1 is 1.39 bits per heavy atom. The monoisotopic (exact) mass is 333 g/mol. The Morgan fingerprint density at radius 3 is 2.67 bits per heavy atom. The number of nitrogens with one attached hydrogen (secondary N) is 1. The van der Waals surface area contributed by atoms with Gasteiger partial charge in [0.25, 0.3) is 0 Å². The Hall–Kier alpha value is -0.250. The van der Waals surface area contributed by atoms with Crippen molar-refractivity contribution in [1.82, 2.24) is 5.32 Å². The number of ether oxygens (including phenoxy) is 1. The Morgan fingerprint density at radius 2 is 2.06 bits per heavy atom. The van der Waals surface area contributed by atoms with E-state index in [0.29, 0.717) is 17.7 Å². The van der Waals surface area contributed by atoms with Gasteiger partial charge < -0.3 is 10.1 Å². The lowest BCUT2D eigenvalue weighted by molar-refractivity contribution is 0.173. The molecule has 2 nitrogen and oxygen atoms in total. The molecule has 0 radical (unpaired) electrons. The summed E-state index contributed by atoms with van der Waals surface area (Å²) >= 11 is 9.51. The van der Waals surface area contributed by atoms with E-state index < -0.39 is 0 Å². The summed E-state index contributed by atoms with van der Waals surface area (Å²) < 4.78 is 6.78. The van der Waals surface area contributed by atoms with E-state index in [9.17, 15) is 0 Å². The zero-order chi connectivity index (χ0) is 13.8. The van der Waals surface area contributed by atoms with Crippen LogP contribution in [0.4, 0.5) is 0 Å². The van der Waals surface area contributed by atoms with Crippen LogP contribution in [0, 0.1) is 5.41 Å². The quantitative estimate of drug-likeness (QED) is 0.826. The van der Waals surface area contributed by atoms with Crippen molar-refractivity contribution in [3.05, 3.63) is 27.7 Å². The Labute approximate surface area is 123 Å². The van der Waals surface area contributed by atoms with Gasteiger partial charge in [-0.3, -0.25) is 0 Å². The second kappa shape index (κ2) is 6.78. The van der Waals surface area contributed by atoms with Crippen LogP contribution >= 0.6 is 27.5 Å².